The average molecular weight is 473 g/mol. The number of benzene rings is 1. The van der Waals surface area contributed by atoms with E-state index in [4.69, 9.17) is 11.6 Å². The van der Waals surface area contributed by atoms with Crippen molar-refractivity contribution in [3.8, 4) is 0 Å². The Morgan fingerprint density at radius 1 is 1.24 bits per heavy atom. The van der Waals surface area contributed by atoms with Crippen LogP contribution in [0.3, 0.4) is 0 Å². The molecule has 9 heteroatoms. The number of thioether (sulfide) groups is 1. The Morgan fingerprint density at radius 2 is 1.90 bits per heavy atom. The van der Waals surface area contributed by atoms with Gasteiger partial charge in [-0.3, -0.25) is 4.79 Å². The van der Waals surface area contributed by atoms with Crippen molar-refractivity contribution in [1.82, 2.24) is 9.62 Å². The van der Waals surface area contributed by atoms with Crippen LogP contribution in [0.4, 0.5) is 0 Å². The summed E-state index contributed by atoms with van der Waals surface area (Å²) >= 11 is 8.65. The van der Waals surface area contributed by atoms with Gasteiger partial charge < -0.3 is 5.32 Å². The minimum atomic E-state index is -3.50. The van der Waals surface area contributed by atoms with Gasteiger partial charge in [0.15, 0.2) is 0 Å². The Kier molecular flexibility index (Phi) is 7.67. The fourth-order valence-electron chi connectivity index (χ4n) is 3.49. The molecule has 3 rings (SSSR count). The van der Waals surface area contributed by atoms with E-state index in [1.165, 1.54) is 9.20 Å². The lowest BCUT2D eigenvalue weighted by Crippen LogP contribution is -2.42. The third-order valence-corrected chi connectivity index (χ3v) is 9.73. The van der Waals surface area contributed by atoms with E-state index in [1.54, 1.807) is 23.9 Å². The zero-order chi connectivity index (χ0) is 21.0. The van der Waals surface area contributed by atoms with Crippen LogP contribution in [-0.4, -0.2) is 38.0 Å². The molecule has 1 atom stereocenters. The summed E-state index contributed by atoms with van der Waals surface area (Å²) in [4.78, 5) is 13.8. The van der Waals surface area contributed by atoms with Crippen LogP contribution in [0.2, 0.25) is 4.34 Å². The van der Waals surface area contributed by atoms with Gasteiger partial charge in [-0.15, -0.1) is 23.1 Å². The first-order valence-corrected chi connectivity index (χ1v) is 13.3. The maximum Gasteiger partial charge on any atom is 0.252 e. The quantitative estimate of drug-likeness (QED) is 0.603. The van der Waals surface area contributed by atoms with Crippen LogP contribution in [0, 0.1) is 11.8 Å². The van der Waals surface area contributed by atoms with E-state index in [1.807, 2.05) is 37.4 Å². The number of carbonyl (C=O) groups excluding carboxylic acids is 1. The molecule has 2 heterocycles. The van der Waals surface area contributed by atoms with Crippen LogP contribution in [-0.2, 0) is 21.4 Å². The summed E-state index contributed by atoms with van der Waals surface area (Å²) in [6, 6.07) is 11.3. The number of rotatable bonds is 7. The predicted molar refractivity (Wildman–Crippen MR) is 120 cm³/mol. The third-order valence-electron chi connectivity index (χ3n) is 5.39. The van der Waals surface area contributed by atoms with Crippen molar-refractivity contribution in [3.63, 3.8) is 0 Å². The number of sulfonamides is 1. The Hall–Kier alpha value is -1.06. The summed E-state index contributed by atoms with van der Waals surface area (Å²) in [5.74, 6) is 0.0408. The van der Waals surface area contributed by atoms with Crippen molar-refractivity contribution in [1.29, 1.82) is 0 Å². The predicted octanol–water partition coefficient (Wildman–Crippen LogP) is 4.48. The fraction of sp³-hybridized carbons (Fsp3) is 0.450. The van der Waals surface area contributed by atoms with E-state index in [2.05, 4.69) is 5.32 Å². The van der Waals surface area contributed by atoms with Gasteiger partial charge in [0, 0.05) is 30.4 Å². The summed E-state index contributed by atoms with van der Waals surface area (Å²) in [5.41, 5.74) is 1.07. The fourth-order valence-corrected chi connectivity index (χ4v) is 7.00. The van der Waals surface area contributed by atoms with E-state index >= 15 is 0 Å². The summed E-state index contributed by atoms with van der Waals surface area (Å²) in [6.07, 6.45) is 3.38. The maximum absolute atomic E-state index is 12.7. The lowest BCUT2D eigenvalue weighted by molar-refractivity contribution is -0.126. The minimum Gasteiger partial charge on any atom is -0.352 e. The Morgan fingerprint density at radius 3 is 2.45 bits per heavy atom. The highest BCUT2D eigenvalue weighted by Crippen LogP contribution is 2.32. The van der Waals surface area contributed by atoms with Crippen molar-refractivity contribution in [2.45, 2.75) is 35.4 Å². The molecule has 29 heavy (non-hydrogen) atoms. The van der Waals surface area contributed by atoms with E-state index < -0.39 is 10.0 Å². The molecular weight excluding hydrogens is 448 g/mol. The Labute approximate surface area is 185 Å². The first-order chi connectivity index (χ1) is 13.8. The smallest absolute Gasteiger partial charge is 0.252 e. The lowest BCUT2D eigenvalue weighted by Gasteiger charge is -2.33. The molecule has 0 aliphatic carbocycles. The van der Waals surface area contributed by atoms with Crippen molar-refractivity contribution in [3.05, 3.63) is 46.3 Å². The molecule has 0 radical (unpaired) electrons. The number of nitrogens with one attached hydrogen (secondary N) is 1. The highest BCUT2D eigenvalue weighted by molar-refractivity contribution is 7.98. The molecule has 1 fully saturated rings. The summed E-state index contributed by atoms with van der Waals surface area (Å²) in [5, 5.41) is 3.01. The summed E-state index contributed by atoms with van der Waals surface area (Å²) < 4.78 is 27.7. The van der Waals surface area contributed by atoms with Gasteiger partial charge in [0.2, 0.25) is 5.91 Å². The largest absolute Gasteiger partial charge is 0.352 e. The molecule has 0 unspecified atom stereocenters. The molecule has 0 bridgehead atoms. The average Bonchev–Trinajstić information content (AvgIpc) is 3.19. The Balaban J connectivity index is 1.51. The van der Waals surface area contributed by atoms with Gasteiger partial charge in [0.1, 0.15) is 4.21 Å². The maximum atomic E-state index is 12.7. The molecule has 1 amide bonds. The van der Waals surface area contributed by atoms with Gasteiger partial charge in [-0.05, 0) is 54.8 Å². The number of nitrogens with zero attached hydrogens (tertiary/aromatic N) is 1. The molecule has 1 N–H and O–H groups in total. The number of piperidine rings is 1. The second kappa shape index (κ2) is 9.83. The number of carbonyl (C=O) groups is 1. The topological polar surface area (TPSA) is 66.5 Å². The summed E-state index contributed by atoms with van der Waals surface area (Å²) in [6.45, 7) is 3.29. The molecule has 1 aromatic heterocycles. The van der Waals surface area contributed by atoms with Crippen LogP contribution in [0.1, 0.15) is 25.3 Å². The van der Waals surface area contributed by atoms with Crippen LogP contribution in [0.25, 0.3) is 0 Å². The lowest BCUT2D eigenvalue weighted by atomic mass is 9.85. The molecule has 0 spiro atoms. The standard InChI is InChI=1S/C20H25ClN2O3S3/c1-14(20(24)22-13-15-3-5-17(27-2)6-4-15)16-9-11-23(12-10-16)29(25,26)19-8-7-18(21)28-19/h3-8,14,16H,9-13H2,1-2H3,(H,22,24)/t14-/m0/s1. The normalized spacial score (nSPS) is 17.2. The van der Waals surface area contributed by atoms with Crippen LogP contribution in [0.15, 0.2) is 45.5 Å². The first kappa shape index (κ1) is 22.6. The number of hydrogen-bond acceptors (Lipinski definition) is 5. The Bertz CT molecular complexity index is 936. The first-order valence-electron chi connectivity index (χ1n) is 9.47. The molecular formula is C20H25ClN2O3S3. The molecule has 1 saturated heterocycles. The molecule has 1 aromatic carbocycles. The van der Waals surface area contributed by atoms with Crippen LogP contribution >= 0.6 is 34.7 Å². The summed E-state index contributed by atoms with van der Waals surface area (Å²) in [7, 11) is -3.50. The second-order valence-corrected chi connectivity index (χ2v) is 11.9. The van der Waals surface area contributed by atoms with E-state index in [9.17, 15) is 13.2 Å². The highest BCUT2D eigenvalue weighted by Gasteiger charge is 2.34. The number of amides is 1. The number of hydrogen-bond donors (Lipinski definition) is 1. The van der Waals surface area contributed by atoms with Crippen LogP contribution < -0.4 is 5.32 Å². The van der Waals surface area contributed by atoms with Gasteiger partial charge >= 0.3 is 0 Å². The molecule has 2 aromatic rings. The van der Waals surface area contributed by atoms with Gasteiger partial charge in [-0.25, -0.2) is 8.42 Å². The van der Waals surface area contributed by atoms with Crippen molar-refractivity contribution in [2.75, 3.05) is 19.3 Å². The van der Waals surface area contributed by atoms with Crippen LogP contribution in [0.5, 0.6) is 0 Å². The third kappa shape index (κ3) is 5.55. The van der Waals surface area contributed by atoms with Crippen molar-refractivity contribution < 1.29 is 13.2 Å². The van der Waals surface area contributed by atoms with Gasteiger partial charge in [-0.2, -0.15) is 4.31 Å². The van der Waals surface area contributed by atoms with E-state index in [-0.39, 0.29) is 22.0 Å². The van der Waals surface area contributed by atoms with Gasteiger partial charge in [-0.1, -0.05) is 30.7 Å². The molecule has 1 aliphatic rings. The highest BCUT2D eigenvalue weighted by atomic mass is 35.5. The van der Waals surface area contributed by atoms with Gasteiger partial charge in [0.05, 0.1) is 4.34 Å². The number of halogens is 1. The van der Waals surface area contributed by atoms with Crippen molar-refractivity contribution >= 4 is 50.6 Å². The van der Waals surface area contributed by atoms with E-state index in [0.717, 1.165) is 16.9 Å². The molecule has 158 valence electrons. The zero-order valence-corrected chi connectivity index (χ0v) is 19.6. The minimum absolute atomic E-state index is 0.0188. The van der Waals surface area contributed by atoms with Crippen molar-refractivity contribution in [2.24, 2.45) is 11.8 Å². The van der Waals surface area contributed by atoms with Gasteiger partial charge in [0.25, 0.3) is 10.0 Å². The zero-order valence-electron chi connectivity index (χ0n) is 16.4. The SMILES string of the molecule is CSc1ccc(CNC(=O)[C@@H](C)C2CCN(S(=O)(=O)c3ccc(Cl)s3)CC2)cc1. The molecule has 5 nitrogen and oxygen atoms in total. The second-order valence-electron chi connectivity index (χ2n) is 7.15. The molecule has 1 aliphatic heterocycles. The monoisotopic (exact) mass is 472 g/mol. The molecule has 0 saturated carbocycles. The number of thiophene rings is 1. The van der Waals surface area contributed by atoms with E-state index in [0.29, 0.717) is 36.8 Å².